The molecule has 6 atom stereocenters. The van der Waals surface area contributed by atoms with Crippen LogP contribution in [-0.2, 0) is 93.2 Å². The van der Waals surface area contributed by atoms with Gasteiger partial charge in [-0.25, -0.2) is 0 Å². The molecule has 12 rings (SSSR count). The lowest BCUT2D eigenvalue weighted by Gasteiger charge is -2.53. The third-order valence-electron chi connectivity index (χ3n) is 23.3. The van der Waals surface area contributed by atoms with E-state index in [1.54, 1.807) is 41.5 Å². The zero-order chi connectivity index (χ0) is 83.8. The molecule has 6 aliphatic carbocycles. The van der Waals surface area contributed by atoms with E-state index in [2.05, 4.69) is 25.1 Å². The van der Waals surface area contributed by atoms with Gasteiger partial charge >= 0.3 is 93.8 Å². The molecule has 0 radical (unpaired) electrons. The molecule has 0 saturated carbocycles. The van der Waals surface area contributed by atoms with Crippen LogP contribution in [0.1, 0.15) is 199 Å². The van der Waals surface area contributed by atoms with E-state index in [9.17, 15) is 130 Å². The third kappa shape index (κ3) is 11.4. The normalized spacial score (nSPS) is 25.7. The van der Waals surface area contributed by atoms with E-state index in [4.69, 9.17) is 0 Å². The summed E-state index contributed by atoms with van der Waals surface area (Å²) in [6, 6.07) is 20.8. The average molecular weight is 1730 g/mol. The van der Waals surface area contributed by atoms with E-state index in [1.807, 2.05) is 13.8 Å². The number of alkyl halides is 18. The topological polar surface area (TPSA) is 260 Å². The molecule has 6 aromatic rings. The molecule has 0 N–H and O–H groups in total. The van der Waals surface area contributed by atoms with Crippen LogP contribution in [0.25, 0.3) is 0 Å². The van der Waals surface area contributed by atoms with Crippen LogP contribution < -0.4 is 25.1 Å². The van der Waals surface area contributed by atoms with E-state index in [-0.39, 0.29) is 71.9 Å². The average Bonchev–Trinajstić information content (AvgIpc) is 1.44. The van der Waals surface area contributed by atoms with Gasteiger partial charge in [0.05, 0.1) is 0 Å². The van der Waals surface area contributed by atoms with Gasteiger partial charge in [0.1, 0.15) is 34.5 Å². The van der Waals surface area contributed by atoms with Crippen molar-refractivity contribution in [3.63, 3.8) is 0 Å². The molecule has 42 heteroatoms. The van der Waals surface area contributed by atoms with Gasteiger partial charge in [0.2, 0.25) is 0 Å². The van der Waals surface area contributed by atoms with E-state index < -0.39 is 172 Å². The molecule has 0 heterocycles. The second-order valence-corrected chi connectivity index (χ2v) is 37.6. The van der Waals surface area contributed by atoms with Gasteiger partial charge in [0, 0.05) is 43.3 Å². The molecule has 0 bridgehead atoms. The first-order valence-corrected chi connectivity index (χ1v) is 42.6. The van der Waals surface area contributed by atoms with Crippen molar-refractivity contribution >= 4 is 60.7 Å². The van der Waals surface area contributed by atoms with Crippen molar-refractivity contribution in [2.75, 3.05) is 0 Å². The van der Waals surface area contributed by atoms with Crippen LogP contribution >= 0.6 is 0 Å². The Labute approximate surface area is 631 Å². The highest BCUT2D eigenvalue weighted by molar-refractivity contribution is 7.89. The summed E-state index contributed by atoms with van der Waals surface area (Å²) in [6.45, 7) is 14.3. The number of hydrogen-bond acceptors (Lipinski definition) is 18. The zero-order valence-corrected chi connectivity index (χ0v) is 64.4. The maximum atomic E-state index is 13.5. The number of fused-ring (bicyclic) bond motifs is 18. The van der Waals surface area contributed by atoms with E-state index >= 15 is 0 Å². The Morgan fingerprint density at radius 3 is 0.438 bits per heavy atom. The summed E-state index contributed by atoms with van der Waals surface area (Å²) in [6.07, 6.45) is 2.90. The molecule has 0 aliphatic heterocycles. The number of hydrogen-bond donors (Lipinski definition) is 0. The molecule has 0 saturated heterocycles. The molecule has 6 aromatic carbocycles. The monoisotopic (exact) mass is 1730 g/mol. The van der Waals surface area contributed by atoms with E-state index in [0.29, 0.717) is 71.9 Å². The van der Waals surface area contributed by atoms with Crippen molar-refractivity contribution in [3.8, 4) is 34.5 Å². The Hall–Kier alpha value is -7.44. The van der Waals surface area contributed by atoms with Crippen LogP contribution in [0.4, 0.5) is 79.0 Å². The summed E-state index contributed by atoms with van der Waals surface area (Å²) in [5.74, 6) is -4.47. The lowest BCUT2D eigenvalue weighted by atomic mass is 9.48. The summed E-state index contributed by atoms with van der Waals surface area (Å²) < 4.78 is 418. The van der Waals surface area contributed by atoms with Crippen molar-refractivity contribution in [2.24, 2.45) is 10.8 Å². The van der Waals surface area contributed by atoms with Gasteiger partial charge in [-0.15, -0.1) is 0 Å². The highest BCUT2D eigenvalue weighted by Gasteiger charge is 2.85. The molecule has 0 spiro atoms. The second kappa shape index (κ2) is 26.5. The van der Waals surface area contributed by atoms with E-state index in [1.165, 1.54) is 36.4 Å². The van der Waals surface area contributed by atoms with Crippen LogP contribution in [0.3, 0.4) is 0 Å². The Balaban J connectivity index is 0.000000221. The van der Waals surface area contributed by atoms with Gasteiger partial charge in [0.15, 0.2) is 0 Å². The molecule has 0 fully saturated rings. The summed E-state index contributed by atoms with van der Waals surface area (Å²) in [5.41, 5.74) is -42.1. The summed E-state index contributed by atoms with van der Waals surface area (Å²) in [5, 5.41) is 0. The Morgan fingerprint density at radius 2 is 0.339 bits per heavy atom. The molecule has 0 aromatic heterocycles. The Morgan fingerprint density at radius 1 is 0.223 bits per heavy atom. The fourth-order valence-corrected chi connectivity index (χ4v) is 23.2. The molecule has 0 amide bonds. The van der Waals surface area contributed by atoms with Crippen LogP contribution in [0.2, 0.25) is 0 Å². The van der Waals surface area contributed by atoms with Crippen molar-refractivity contribution in [1.29, 1.82) is 0 Å². The quantitative estimate of drug-likeness (QED) is 0.0310. The predicted molar refractivity (Wildman–Crippen MR) is 363 cm³/mol. The Kier molecular flexibility index (Phi) is 20.3. The number of rotatable bonds is 24. The van der Waals surface area contributed by atoms with Crippen LogP contribution in [0, 0.1) is 10.8 Å². The van der Waals surface area contributed by atoms with Crippen molar-refractivity contribution in [2.45, 2.75) is 198 Å². The summed E-state index contributed by atoms with van der Waals surface area (Å²) in [4.78, 5) is 0. The minimum atomic E-state index is -6.20. The first-order valence-electron chi connectivity index (χ1n) is 34.1. The molecular formula is C70H66F18O18S6. The smallest absolute Gasteiger partial charge is 0.376 e. The van der Waals surface area contributed by atoms with Gasteiger partial charge in [-0.05, 0) is 178 Å². The predicted octanol–water partition coefficient (Wildman–Crippen LogP) is 18.0. The maximum absolute atomic E-state index is 13.5. The van der Waals surface area contributed by atoms with Gasteiger partial charge in [-0.1, -0.05) is 130 Å². The fourth-order valence-electron chi connectivity index (χ4n) is 20.5. The summed E-state index contributed by atoms with van der Waals surface area (Å²) >= 11 is 0. The standard InChI is InChI=1S/2C35H33F9O9S3/c2*1-5-14-30-23-11-8-21(52-55(47,48)34(39,40)41)18-27(23)32(16-7-3)25-13-10-22(53-56(49,50)35(42,43)44)19-28(25)31(15-6-2,29(30,32)4)24-12-9-20(17-26(24)30)51-54(45,46)33(36,37)38/h2*8-13,17-19H,5-7,14-16H2,1-4H3/t2*29?,30-,31-,32-/m10/s1. The Bertz CT molecular complexity index is 4700. The van der Waals surface area contributed by atoms with Crippen LogP contribution in [-0.4, -0.2) is 83.6 Å². The first-order chi connectivity index (χ1) is 51.2. The molecular weight excluding hydrogens is 1660 g/mol. The largest absolute Gasteiger partial charge is 0.534 e. The minimum absolute atomic E-state index is 0.150. The van der Waals surface area contributed by atoms with Crippen molar-refractivity contribution in [3.05, 3.63) is 176 Å². The van der Waals surface area contributed by atoms with Gasteiger partial charge in [-0.3, -0.25) is 0 Å². The fraction of sp³-hybridized carbons (Fsp3) is 0.486. The van der Waals surface area contributed by atoms with Gasteiger partial charge in [-0.2, -0.15) is 130 Å². The molecule has 112 heavy (non-hydrogen) atoms. The molecule has 18 nitrogen and oxygen atoms in total. The van der Waals surface area contributed by atoms with Crippen LogP contribution in [0.15, 0.2) is 109 Å². The lowest BCUT2D eigenvalue weighted by Crippen LogP contribution is -2.54. The third-order valence-corrected chi connectivity index (χ3v) is 29.1. The summed E-state index contributed by atoms with van der Waals surface area (Å²) in [7, 11) is -37.2. The number of benzene rings is 6. The first kappa shape index (κ1) is 85.4. The van der Waals surface area contributed by atoms with Gasteiger partial charge in [0.25, 0.3) is 0 Å². The minimum Gasteiger partial charge on any atom is -0.376 e. The SMILES string of the molecule is CCC[C@@]12c3ccc(OS(=O)(=O)C(F)(F)F)cc3[C@@]3(CCC)c4ccc(OS(=O)(=O)C(F)(F)F)cc4[C@@](CCC)(c4ccc(OS(=O)(=O)C(F)(F)F)cc41)C23C.CCC[C@]12c3ccc(OS(=O)(=O)C(F)(F)F)cc3[C@]3(CCC)c4ccc(OS(=O)(=O)C(F)(F)F)cc4[C@](CCC)(c4ccc(OS(=O)(=O)C(F)(F)F)cc41)C23C. The number of halogens is 18. The second-order valence-electron chi connectivity index (χ2n) is 28.3. The molecule has 0 unspecified atom stereocenters. The zero-order valence-electron chi connectivity index (χ0n) is 59.5. The highest BCUT2D eigenvalue weighted by Crippen LogP contribution is 2.87. The van der Waals surface area contributed by atoms with Crippen LogP contribution in [0.5, 0.6) is 34.5 Å². The highest BCUT2D eigenvalue weighted by atomic mass is 32.2. The van der Waals surface area contributed by atoms with Crippen molar-refractivity contribution in [1.82, 2.24) is 0 Å². The molecule has 6 aliphatic rings. The lowest BCUT2D eigenvalue weighted by molar-refractivity contribution is -0.0504. The van der Waals surface area contributed by atoms with Crippen molar-refractivity contribution < 1.29 is 155 Å². The van der Waals surface area contributed by atoms with E-state index in [0.717, 1.165) is 72.8 Å². The maximum Gasteiger partial charge on any atom is 0.534 e. The molecule has 616 valence electrons. The van der Waals surface area contributed by atoms with Gasteiger partial charge < -0.3 is 25.1 Å².